The van der Waals surface area contributed by atoms with Crippen molar-refractivity contribution < 1.29 is 22.7 Å². The molecule has 3 atom stereocenters. The molecule has 0 radical (unpaired) electrons. The average molecular weight is 403 g/mol. The van der Waals surface area contributed by atoms with Crippen molar-refractivity contribution in [2.75, 3.05) is 6.61 Å². The molecule has 1 amide bonds. The fourth-order valence-electron chi connectivity index (χ4n) is 3.42. The first-order chi connectivity index (χ1) is 13.8. The number of amides is 1. The highest BCUT2D eigenvalue weighted by atomic mass is 19.4. The maximum atomic E-state index is 12.6. The van der Waals surface area contributed by atoms with Crippen molar-refractivity contribution in [3.63, 3.8) is 0 Å². The molecule has 0 bridgehead atoms. The highest BCUT2D eigenvalue weighted by Gasteiger charge is 2.45. The molecule has 1 aliphatic carbocycles. The summed E-state index contributed by atoms with van der Waals surface area (Å²) >= 11 is 0. The summed E-state index contributed by atoms with van der Waals surface area (Å²) in [4.78, 5) is 20.0. The summed E-state index contributed by atoms with van der Waals surface area (Å²) in [5.74, 6) is 0.0478. The number of nitrogens with one attached hydrogen (secondary N) is 2. The molecular weight excluding hydrogens is 383 g/mol. The number of ether oxygens (including phenoxy) is 1. The third-order valence-corrected chi connectivity index (χ3v) is 5.04. The molecule has 2 N–H and O–H groups in total. The second kappa shape index (κ2) is 7.42. The summed E-state index contributed by atoms with van der Waals surface area (Å²) in [6.45, 7) is 0.425. The zero-order valence-corrected chi connectivity index (χ0v) is 15.7. The summed E-state index contributed by atoms with van der Waals surface area (Å²) in [5, 5.41) is 4.06. The normalized spacial score (nSPS) is 19.7. The van der Waals surface area contributed by atoms with Crippen LogP contribution in [-0.2, 0) is 4.79 Å². The number of nitrogens with zero attached hydrogens (tertiary/aromatic N) is 1. The number of para-hydroxylation sites is 1. The third kappa shape index (κ3) is 4.52. The van der Waals surface area contributed by atoms with Gasteiger partial charge in [-0.25, -0.2) is 0 Å². The molecular formula is C21H20F3N3O2. The third-order valence-electron chi connectivity index (χ3n) is 5.04. The first kappa shape index (κ1) is 19.3. The Kier molecular flexibility index (Phi) is 4.94. The van der Waals surface area contributed by atoms with Crippen molar-refractivity contribution in [2.24, 2.45) is 5.92 Å². The molecule has 1 saturated carbocycles. The molecule has 2 heterocycles. The summed E-state index contributed by atoms with van der Waals surface area (Å²) in [5.41, 5.74) is 2.67. The minimum Gasteiger partial charge on any atom is -0.483 e. The van der Waals surface area contributed by atoms with Gasteiger partial charge < -0.3 is 15.0 Å². The Hall–Kier alpha value is -3.03. The number of fused-ring (bicyclic) bond motifs is 1. The van der Waals surface area contributed by atoms with Crippen LogP contribution in [0.2, 0.25) is 0 Å². The van der Waals surface area contributed by atoms with Gasteiger partial charge in [-0.1, -0.05) is 18.2 Å². The van der Waals surface area contributed by atoms with Gasteiger partial charge in [-0.15, -0.1) is 0 Å². The molecule has 4 rings (SSSR count). The Labute approximate surface area is 165 Å². The lowest BCUT2D eigenvalue weighted by Crippen LogP contribution is -2.29. The van der Waals surface area contributed by atoms with E-state index in [1.807, 2.05) is 24.3 Å². The molecule has 1 aliphatic rings. The number of hydrogen-bond acceptors (Lipinski definition) is 3. The summed E-state index contributed by atoms with van der Waals surface area (Å²) in [6.07, 6.45) is -2.39. The predicted molar refractivity (Wildman–Crippen MR) is 101 cm³/mol. The lowest BCUT2D eigenvalue weighted by molar-refractivity contribution is -0.153. The molecule has 29 heavy (non-hydrogen) atoms. The maximum Gasteiger partial charge on any atom is 0.422 e. The van der Waals surface area contributed by atoms with Gasteiger partial charge in [0, 0.05) is 23.0 Å². The number of benzene rings is 1. The van der Waals surface area contributed by atoms with Gasteiger partial charge in [-0.05, 0) is 43.0 Å². The molecule has 1 fully saturated rings. The number of aromatic nitrogens is 2. The lowest BCUT2D eigenvalue weighted by atomic mass is 10.1. The zero-order valence-electron chi connectivity index (χ0n) is 15.7. The van der Waals surface area contributed by atoms with E-state index in [0.717, 1.165) is 23.0 Å². The summed E-state index contributed by atoms with van der Waals surface area (Å²) < 4.78 is 41.2. The molecule has 3 aromatic rings. The Morgan fingerprint density at radius 3 is 2.79 bits per heavy atom. The van der Waals surface area contributed by atoms with Crippen LogP contribution in [0.15, 0.2) is 48.7 Å². The van der Waals surface area contributed by atoms with E-state index >= 15 is 0 Å². The number of alkyl halides is 3. The van der Waals surface area contributed by atoms with E-state index in [0.29, 0.717) is 5.69 Å². The van der Waals surface area contributed by atoms with Gasteiger partial charge in [0.15, 0.2) is 6.61 Å². The Bertz CT molecular complexity index is 981. The van der Waals surface area contributed by atoms with Gasteiger partial charge in [-0.3, -0.25) is 9.78 Å². The second-order valence-electron chi connectivity index (χ2n) is 7.31. The number of pyridine rings is 1. The number of halogens is 3. The molecule has 1 aromatic carbocycles. The molecule has 8 heteroatoms. The lowest BCUT2D eigenvalue weighted by Gasteiger charge is -2.14. The van der Waals surface area contributed by atoms with Crippen molar-refractivity contribution in [3.05, 3.63) is 60.0 Å². The van der Waals surface area contributed by atoms with Gasteiger partial charge in [0.1, 0.15) is 5.75 Å². The van der Waals surface area contributed by atoms with E-state index in [-0.39, 0.29) is 29.5 Å². The minimum atomic E-state index is -4.40. The van der Waals surface area contributed by atoms with Gasteiger partial charge >= 0.3 is 6.18 Å². The predicted octanol–water partition coefficient (Wildman–Crippen LogP) is 4.48. The summed E-state index contributed by atoms with van der Waals surface area (Å²) in [7, 11) is 0. The fraction of sp³-hybridized carbons (Fsp3) is 0.333. The molecule has 2 aromatic heterocycles. The minimum absolute atomic E-state index is 0.0330. The van der Waals surface area contributed by atoms with Crippen LogP contribution in [0.4, 0.5) is 13.2 Å². The van der Waals surface area contributed by atoms with Crippen molar-refractivity contribution in [3.8, 4) is 5.75 Å². The van der Waals surface area contributed by atoms with Crippen LogP contribution in [-0.4, -0.2) is 28.7 Å². The number of carbonyl (C=O) groups is 1. The van der Waals surface area contributed by atoms with Crippen LogP contribution in [0.25, 0.3) is 10.9 Å². The van der Waals surface area contributed by atoms with E-state index in [1.54, 1.807) is 13.0 Å². The monoisotopic (exact) mass is 403 g/mol. The van der Waals surface area contributed by atoms with Crippen LogP contribution in [0.5, 0.6) is 5.75 Å². The van der Waals surface area contributed by atoms with Crippen LogP contribution < -0.4 is 10.1 Å². The maximum absolute atomic E-state index is 12.6. The fourth-order valence-corrected chi connectivity index (χ4v) is 3.42. The summed E-state index contributed by atoms with van der Waals surface area (Å²) in [6, 6.07) is 12.7. The molecule has 0 saturated heterocycles. The highest BCUT2D eigenvalue weighted by molar-refractivity contribution is 5.85. The number of aromatic amines is 1. The van der Waals surface area contributed by atoms with E-state index in [2.05, 4.69) is 26.1 Å². The number of hydrogen-bond donors (Lipinski definition) is 2. The van der Waals surface area contributed by atoms with Gasteiger partial charge in [0.05, 0.1) is 17.9 Å². The zero-order chi connectivity index (χ0) is 20.6. The standard InChI is InChI=1S/C21H20F3N3O2/c1-12(17-7-6-14(10-25-17)29-11-21(22,23)24)26-20(28)16-9-15(16)19-8-13-4-2-3-5-18(13)27-19/h2-8,10,12,15-16,27H,9,11H2,1H3,(H,26,28)/t12?,15-,16-/m1/s1. The van der Waals surface area contributed by atoms with E-state index in [4.69, 9.17) is 0 Å². The van der Waals surface area contributed by atoms with Crippen molar-refractivity contribution >= 4 is 16.8 Å². The Morgan fingerprint density at radius 2 is 2.10 bits per heavy atom. The molecule has 0 aliphatic heterocycles. The molecule has 5 nitrogen and oxygen atoms in total. The van der Waals surface area contributed by atoms with Crippen LogP contribution in [0, 0.1) is 5.92 Å². The molecule has 152 valence electrons. The first-order valence-electron chi connectivity index (χ1n) is 9.34. The Morgan fingerprint density at radius 1 is 1.31 bits per heavy atom. The van der Waals surface area contributed by atoms with Gasteiger partial charge in [0.25, 0.3) is 0 Å². The van der Waals surface area contributed by atoms with Crippen molar-refractivity contribution in [1.82, 2.24) is 15.3 Å². The quantitative estimate of drug-likeness (QED) is 0.638. The molecule has 1 unspecified atom stereocenters. The van der Waals surface area contributed by atoms with Crippen molar-refractivity contribution in [1.29, 1.82) is 0 Å². The molecule has 0 spiro atoms. The van der Waals surface area contributed by atoms with Crippen molar-refractivity contribution in [2.45, 2.75) is 31.5 Å². The largest absolute Gasteiger partial charge is 0.483 e. The average Bonchev–Trinajstić information content (AvgIpc) is 3.38. The smallest absolute Gasteiger partial charge is 0.422 e. The second-order valence-corrected chi connectivity index (χ2v) is 7.31. The first-order valence-corrected chi connectivity index (χ1v) is 9.34. The van der Waals surface area contributed by atoms with E-state index in [1.165, 1.54) is 12.3 Å². The number of H-pyrrole nitrogens is 1. The van der Waals surface area contributed by atoms with Crippen LogP contribution in [0.3, 0.4) is 0 Å². The number of carbonyl (C=O) groups excluding carboxylic acids is 1. The highest BCUT2D eigenvalue weighted by Crippen LogP contribution is 2.48. The number of rotatable bonds is 6. The van der Waals surface area contributed by atoms with E-state index < -0.39 is 12.8 Å². The Balaban J connectivity index is 1.33. The van der Waals surface area contributed by atoms with Crippen LogP contribution in [0.1, 0.15) is 36.7 Å². The van der Waals surface area contributed by atoms with Crippen LogP contribution >= 0.6 is 0 Å². The van der Waals surface area contributed by atoms with E-state index in [9.17, 15) is 18.0 Å². The SMILES string of the molecule is CC(NC(=O)[C@@H]1C[C@H]1c1cc2ccccc2[nH]1)c1ccc(OCC(F)(F)F)cn1. The topological polar surface area (TPSA) is 67.0 Å². The van der Waals surface area contributed by atoms with Gasteiger partial charge in [0.2, 0.25) is 5.91 Å². The van der Waals surface area contributed by atoms with Gasteiger partial charge in [-0.2, -0.15) is 13.2 Å².